The first kappa shape index (κ1) is 18.7. The van der Waals surface area contributed by atoms with Gasteiger partial charge in [0.2, 0.25) is 5.91 Å². The lowest BCUT2D eigenvalue weighted by atomic mass is 9.69. The zero-order valence-electron chi connectivity index (χ0n) is 16.3. The Bertz CT molecular complexity index is 729. The van der Waals surface area contributed by atoms with E-state index in [0.717, 1.165) is 30.8 Å². The van der Waals surface area contributed by atoms with Gasteiger partial charge in [-0.05, 0) is 38.3 Å². The molecule has 0 radical (unpaired) electrons. The average molecular weight is 354 g/mol. The maximum absolute atomic E-state index is 12.7. The molecule has 3 rings (SSSR count). The molecular formula is C22H31N3O. The molecule has 1 unspecified atom stereocenters. The average Bonchev–Trinajstić information content (AvgIpc) is 2.98. The van der Waals surface area contributed by atoms with E-state index < -0.39 is 0 Å². The van der Waals surface area contributed by atoms with Crippen molar-refractivity contribution in [2.75, 3.05) is 6.54 Å². The highest BCUT2D eigenvalue weighted by atomic mass is 16.1. The molecule has 26 heavy (non-hydrogen) atoms. The van der Waals surface area contributed by atoms with Gasteiger partial charge in [-0.25, -0.2) is 0 Å². The van der Waals surface area contributed by atoms with Crippen molar-refractivity contribution in [2.45, 2.75) is 64.8 Å². The van der Waals surface area contributed by atoms with Gasteiger partial charge in [0.25, 0.3) is 0 Å². The lowest BCUT2D eigenvalue weighted by molar-refractivity contribution is -0.125. The highest BCUT2D eigenvalue weighted by Crippen LogP contribution is 2.38. The van der Waals surface area contributed by atoms with Gasteiger partial charge in [-0.2, -0.15) is 5.10 Å². The van der Waals surface area contributed by atoms with Gasteiger partial charge in [-0.15, -0.1) is 0 Å². The van der Waals surface area contributed by atoms with Gasteiger partial charge >= 0.3 is 0 Å². The normalized spacial score (nSPS) is 17.7. The minimum Gasteiger partial charge on any atom is -0.355 e. The van der Waals surface area contributed by atoms with Crippen molar-refractivity contribution in [3.8, 4) is 0 Å². The maximum Gasteiger partial charge on any atom is 0.224 e. The van der Waals surface area contributed by atoms with Crippen LogP contribution in [0, 0.1) is 19.8 Å². The van der Waals surface area contributed by atoms with E-state index in [0.29, 0.717) is 6.54 Å². The third kappa shape index (κ3) is 4.17. The van der Waals surface area contributed by atoms with E-state index in [2.05, 4.69) is 46.8 Å². The van der Waals surface area contributed by atoms with Crippen LogP contribution in [0.2, 0.25) is 0 Å². The van der Waals surface area contributed by atoms with Crippen LogP contribution in [0.5, 0.6) is 0 Å². The van der Waals surface area contributed by atoms with Crippen molar-refractivity contribution in [1.29, 1.82) is 0 Å². The summed E-state index contributed by atoms with van der Waals surface area (Å²) in [4.78, 5) is 12.7. The summed E-state index contributed by atoms with van der Waals surface area (Å²) in [6.45, 7) is 7.38. The predicted molar refractivity (Wildman–Crippen MR) is 105 cm³/mol. The van der Waals surface area contributed by atoms with Crippen molar-refractivity contribution >= 4 is 5.91 Å². The molecule has 0 saturated heterocycles. The van der Waals surface area contributed by atoms with Gasteiger partial charge in [0.1, 0.15) is 0 Å². The third-order valence-corrected chi connectivity index (χ3v) is 5.80. The molecule has 140 valence electrons. The molecule has 1 atom stereocenters. The number of carbonyl (C=O) groups is 1. The van der Waals surface area contributed by atoms with Crippen LogP contribution in [0.1, 0.15) is 56.0 Å². The maximum atomic E-state index is 12.7. The molecular weight excluding hydrogens is 322 g/mol. The van der Waals surface area contributed by atoms with Gasteiger partial charge in [0, 0.05) is 17.7 Å². The Kier molecular flexibility index (Phi) is 5.80. The van der Waals surface area contributed by atoms with Gasteiger partial charge < -0.3 is 5.32 Å². The Morgan fingerprint density at radius 1 is 1.19 bits per heavy atom. The monoisotopic (exact) mass is 353 g/mol. The van der Waals surface area contributed by atoms with Crippen LogP contribution in [-0.2, 0) is 16.8 Å². The molecule has 1 saturated carbocycles. The predicted octanol–water partition coefficient (Wildman–Crippen LogP) is 4.15. The van der Waals surface area contributed by atoms with Crippen LogP contribution in [0.4, 0.5) is 0 Å². The number of rotatable bonds is 6. The topological polar surface area (TPSA) is 46.9 Å². The van der Waals surface area contributed by atoms with Crippen LogP contribution >= 0.6 is 0 Å². The Morgan fingerprint density at radius 3 is 2.50 bits per heavy atom. The number of carbonyl (C=O) groups excluding carboxylic acids is 1. The molecule has 1 heterocycles. The molecule has 4 heteroatoms. The van der Waals surface area contributed by atoms with Crippen LogP contribution < -0.4 is 5.32 Å². The third-order valence-electron chi connectivity index (χ3n) is 5.80. The largest absolute Gasteiger partial charge is 0.355 e. The van der Waals surface area contributed by atoms with Crippen LogP contribution in [0.25, 0.3) is 0 Å². The molecule has 1 aliphatic rings. The number of hydrogen-bond acceptors (Lipinski definition) is 2. The second-order valence-electron chi connectivity index (χ2n) is 7.94. The molecule has 1 aromatic heterocycles. The number of benzene rings is 1. The second kappa shape index (κ2) is 8.07. The lowest BCUT2D eigenvalue weighted by Crippen LogP contribution is -2.44. The standard InChI is InChI=1S/C22H31N3O/c1-17(15-25-19(3)14-18(2)24-25)21(26)23-16-22(12-8-5-9-13-22)20-10-6-4-7-11-20/h4,6-7,10-11,14,17H,5,8-9,12-13,15-16H2,1-3H3,(H,23,26). The molecule has 1 aromatic carbocycles. The first-order valence-corrected chi connectivity index (χ1v) is 9.84. The first-order chi connectivity index (χ1) is 12.5. The van der Waals surface area contributed by atoms with Gasteiger partial charge in [0.05, 0.1) is 18.2 Å². The van der Waals surface area contributed by atoms with Crippen LogP contribution in [0.3, 0.4) is 0 Å². The molecule has 1 aliphatic carbocycles. The van der Waals surface area contributed by atoms with E-state index in [1.807, 2.05) is 25.5 Å². The van der Waals surface area contributed by atoms with E-state index in [4.69, 9.17) is 0 Å². The van der Waals surface area contributed by atoms with E-state index in [-0.39, 0.29) is 17.2 Å². The van der Waals surface area contributed by atoms with E-state index in [1.54, 1.807) is 0 Å². The highest BCUT2D eigenvalue weighted by Gasteiger charge is 2.34. The fraction of sp³-hybridized carbons (Fsp3) is 0.545. The van der Waals surface area contributed by atoms with Crippen molar-refractivity contribution in [3.63, 3.8) is 0 Å². The number of amides is 1. The summed E-state index contributed by atoms with van der Waals surface area (Å²) >= 11 is 0. The molecule has 2 aromatic rings. The second-order valence-corrected chi connectivity index (χ2v) is 7.94. The lowest BCUT2D eigenvalue weighted by Gasteiger charge is -2.38. The van der Waals surface area contributed by atoms with Crippen LogP contribution in [-0.4, -0.2) is 22.2 Å². The van der Waals surface area contributed by atoms with E-state index >= 15 is 0 Å². The van der Waals surface area contributed by atoms with E-state index in [1.165, 1.54) is 24.8 Å². The first-order valence-electron chi connectivity index (χ1n) is 9.84. The number of hydrogen-bond donors (Lipinski definition) is 1. The number of aromatic nitrogens is 2. The zero-order chi connectivity index (χ0) is 18.6. The fourth-order valence-corrected chi connectivity index (χ4v) is 4.22. The molecule has 1 fully saturated rings. The highest BCUT2D eigenvalue weighted by molar-refractivity contribution is 5.78. The minimum atomic E-state index is -0.0931. The Balaban J connectivity index is 1.65. The zero-order valence-corrected chi connectivity index (χ0v) is 16.3. The van der Waals surface area contributed by atoms with Gasteiger partial charge in [-0.3, -0.25) is 9.48 Å². The Labute approximate surface area is 157 Å². The van der Waals surface area contributed by atoms with Gasteiger partial charge in [-0.1, -0.05) is 56.5 Å². The molecule has 0 spiro atoms. The summed E-state index contributed by atoms with van der Waals surface area (Å²) in [7, 11) is 0. The summed E-state index contributed by atoms with van der Waals surface area (Å²) in [5, 5.41) is 7.74. The molecule has 0 bridgehead atoms. The number of nitrogens with one attached hydrogen (secondary N) is 1. The SMILES string of the molecule is Cc1cc(C)n(CC(C)C(=O)NCC2(c3ccccc3)CCCCC2)n1. The summed E-state index contributed by atoms with van der Waals surface area (Å²) in [6, 6.07) is 12.8. The molecule has 1 amide bonds. The van der Waals surface area contributed by atoms with E-state index in [9.17, 15) is 4.79 Å². The summed E-state index contributed by atoms with van der Waals surface area (Å²) < 4.78 is 1.94. The quantitative estimate of drug-likeness (QED) is 0.848. The Morgan fingerprint density at radius 2 is 1.88 bits per heavy atom. The summed E-state index contributed by atoms with van der Waals surface area (Å²) in [6.07, 6.45) is 6.10. The summed E-state index contributed by atoms with van der Waals surface area (Å²) in [5.74, 6) is 0.0304. The van der Waals surface area contributed by atoms with Crippen molar-refractivity contribution < 1.29 is 4.79 Å². The smallest absolute Gasteiger partial charge is 0.224 e. The molecule has 0 aliphatic heterocycles. The fourth-order valence-electron chi connectivity index (χ4n) is 4.22. The van der Waals surface area contributed by atoms with Crippen molar-refractivity contribution in [2.24, 2.45) is 5.92 Å². The van der Waals surface area contributed by atoms with Gasteiger partial charge in [0.15, 0.2) is 0 Å². The number of aryl methyl sites for hydroxylation is 2. The molecule has 4 nitrogen and oxygen atoms in total. The Hall–Kier alpha value is -2.10. The minimum absolute atomic E-state index is 0.0904. The number of nitrogens with zero attached hydrogens (tertiary/aromatic N) is 2. The molecule has 1 N–H and O–H groups in total. The van der Waals surface area contributed by atoms with Crippen LogP contribution in [0.15, 0.2) is 36.4 Å². The van der Waals surface area contributed by atoms with Crippen molar-refractivity contribution in [3.05, 3.63) is 53.3 Å². The van der Waals surface area contributed by atoms with Crippen molar-refractivity contribution in [1.82, 2.24) is 15.1 Å². The summed E-state index contributed by atoms with van der Waals surface area (Å²) in [5.41, 5.74) is 3.56.